The summed E-state index contributed by atoms with van der Waals surface area (Å²) in [4.78, 5) is 13.0. The Kier molecular flexibility index (Phi) is 23.3. The maximum atomic E-state index is 13.3. The van der Waals surface area contributed by atoms with E-state index in [4.69, 9.17) is 32.5 Å². The van der Waals surface area contributed by atoms with E-state index in [1.165, 1.54) is 17.2 Å². The third-order valence-electron chi connectivity index (χ3n) is 11.9. The predicted molar refractivity (Wildman–Crippen MR) is 300 cm³/mol. The molecule has 9 aromatic rings. The fourth-order valence-electron chi connectivity index (χ4n) is 7.72. The average molecular weight is 1160 g/mol. The highest BCUT2D eigenvalue weighted by atomic mass is 19.4. The lowest BCUT2D eigenvalue weighted by Gasteiger charge is -2.13. The minimum atomic E-state index is -4.68. The molecule has 3 heterocycles. The van der Waals surface area contributed by atoms with Crippen molar-refractivity contribution in [2.45, 2.75) is 52.9 Å². The van der Waals surface area contributed by atoms with E-state index in [9.17, 15) is 36.9 Å². The van der Waals surface area contributed by atoms with Gasteiger partial charge in [-0.05, 0) is 116 Å². The van der Waals surface area contributed by atoms with Crippen LogP contribution in [0.3, 0.4) is 0 Å². The standard InChI is InChI=1S/C21H21FN4O2.C20H18F4N2O3.C20H19FN4O2/c1-2-10-24-14-15-3-5-16(6-4-15)20-25-21(28-26-20)17-7-8-19(27-11-9-22)18(12-17)13-23;1-2-10-27-15-6-3-13(4-7-15)18-25-19(29-26-18)14-5-8-17(28-11-9-21)16(12-14)20(22,23)24;1-2-23-13-14-3-5-15(6-4-14)19-24-20(27-25-19)16-7-8-18(26-10-9-21)17(11-16)12-22/h3-8,12,24H,2,9-11,14H2,1H3;3-8,12H,2,9-11H2,1H3;3-8,11,23H,2,9-10,13H2,1H3. The van der Waals surface area contributed by atoms with Crippen LogP contribution in [0.4, 0.5) is 26.3 Å². The van der Waals surface area contributed by atoms with E-state index in [1.807, 2.05) is 67.6 Å². The zero-order valence-corrected chi connectivity index (χ0v) is 46.0. The highest BCUT2D eigenvalue weighted by Crippen LogP contribution is 2.39. The van der Waals surface area contributed by atoms with Crippen molar-refractivity contribution in [2.24, 2.45) is 0 Å². The van der Waals surface area contributed by atoms with Gasteiger partial charge in [-0.15, -0.1) is 0 Å². The van der Waals surface area contributed by atoms with Crippen molar-refractivity contribution in [3.63, 3.8) is 0 Å². The van der Waals surface area contributed by atoms with E-state index < -0.39 is 44.1 Å². The van der Waals surface area contributed by atoms with E-state index >= 15 is 0 Å². The van der Waals surface area contributed by atoms with Crippen LogP contribution in [0.25, 0.3) is 68.5 Å². The molecule has 0 radical (unpaired) electrons. The van der Waals surface area contributed by atoms with Crippen molar-refractivity contribution >= 4 is 0 Å². The van der Waals surface area contributed by atoms with Crippen LogP contribution in [0.15, 0.2) is 141 Å². The molecule has 23 heteroatoms. The van der Waals surface area contributed by atoms with Gasteiger partial charge in [-0.2, -0.15) is 38.6 Å². The minimum Gasteiger partial charge on any atom is -0.494 e. The number of rotatable bonds is 25. The summed E-state index contributed by atoms with van der Waals surface area (Å²) in [6.07, 6.45) is -2.70. The molecule has 0 aliphatic heterocycles. The number of nitrogens with zero attached hydrogens (tertiary/aromatic N) is 8. The van der Waals surface area contributed by atoms with Gasteiger partial charge < -0.3 is 43.2 Å². The smallest absolute Gasteiger partial charge is 0.419 e. The molecule has 0 aliphatic rings. The molecular weight excluding hydrogens is 1100 g/mol. The van der Waals surface area contributed by atoms with Crippen molar-refractivity contribution in [3.05, 3.63) is 155 Å². The largest absolute Gasteiger partial charge is 0.494 e. The summed E-state index contributed by atoms with van der Waals surface area (Å²) in [6.45, 7) is 7.53. The molecule has 0 saturated carbocycles. The topological polar surface area (TPSA) is 225 Å². The van der Waals surface area contributed by atoms with Crippen molar-refractivity contribution in [1.29, 1.82) is 10.5 Å². The Morgan fingerprint density at radius 1 is 0.464 bits per heavy atom. The lowest BCUT2D eigenvalue weighted by Crippen LogP contribution is -2.13. The first-order chi connectivity index (χ1) is 40.9. The Bertz CT molecular complexity index is 3560. The summed E-state index contributed by atoms with van der Waals surface area (Å²) >= 11 is 0. The summed E-state index contributed by atoms with van der Waals surface area (Å²) < 4.78 is 113. The normalized spacial score (nSPS) is 10.9. The number of halogens is 6. The Balaban J connectivity index is 0.000000181. The molecular formula is C61H58F6N10O7. The van der Waals surface area contributed by atoms with Gasteiger partial charge in [-0.25, -0.2) is 13.2 Å². The summed E-state index contributed by atoms with van der Waals surface area (Å²) in [5.74, 6) is 2.59. The van der Waals surface area contributed by atoms with Crippen LogP contribution in [-0.2, 0) is 19.3 Å². The van der Waals surface area contributed by atoms with Crippen molar-refractivity contribution in [1.82, 2.24) is 41.1 Å². The number of benzene rings is 6. The second-order valence-electron chi connectivity index (χ2n) is 18.0. The molecule has 0 saturated heterocycles. The predicted octanol–water partition coefficient (Wildman–Crippen LogP) is 13.4. The lowest BCUT2D eigenvalue weighted by molar-refractivity contribution is -0.139. The van der Waals surface area contributed by atoms with Crippen molar-refractivity contribution in [3.8, 4) is 104 Å². The Morgan fingerprint density at radius 2 is 0.857 bits per heavy atom. The molecule has 84 heavy (non-hydrogen) atoms. The first-order valence-corrected chi connectivity index (χ1v) is 26.6. The second kappa shape index (κ2) is 31.6. The fourth-order valence-corrected chi connectivity index (χ4v) is 7.72. The Morgan fingerprint density at radius 3 is 1.25 bits per heavy atom. The number of nitrogens with one attached hydrogen (secondary N) is 2. The minimum absolute atomic E-state index is 0.0751. The molecule has 0 unspecified atom stereocenters. The van der Waals surface area contributed by atoms with E-state index in [2.05, 4.69) is 54.9 Å². The van der Waals surface area contributed by atoms with Gasteiger partial charge in [0.15, 0.2) is 0 Å². The first kappa shape index (κ1) is 62.0. The van der Waals surface area contributed by atoms with E-state index in [1.54, 1.807) is 60.7 Å². The van der Waals surface area contributed by atoms with Crippen molar-refractivity contribution in [2.75, 3.05) is 59.5 Å². The van der Waals surface area contributed by atoms with Gasteiger partial charge in [0.25, 0.3) is 17.7 Å². The highest BCUT2D eigenvalue weighted by molar-refractivity contribution is 5.66. The highest BCUT2D eigenvalue weighted by Gasteiger charge is 2.35. The maximum absolute atomic E-state index is 13.3. The molecule has 3 aromatic heterocycles. The summed E-state index contributed by atoms with van der Waals surface area (Å²) in [7, 11) is 0. The van der Waals surface area contributed by atoms with Crippen LogP contribution >= 0.6 is 0 Å². The van der Waals surface area contributed by atoms with E-state index in [0.29, 0.717) is 64.0 Å². The molecule has 2 N–H and O–H groups in total. The van der Waals surface area contributed by atoms with Gasteiger partial charge in [-0.1, -0.05) is 84.8 Å². The zero-order valence-electron chi connectivity index (χ0n) is 46.0. The van der Waals surface area contributed by atoms with E-state index in [-0.39, 0.29) is 41.6 Å². The molecule has 9 rings (SSSR count). The number of hydrogen-bond acceptors (Lipinski definition) is 17. The molecule has 0 amide bonds. The Labute approximate surface area is 480 Å². The maximum Gasteiger partial charge on any atom is 0.419 e. The van der Waals surface area contributed by atoms with Crippen LogP contribution in [-0.4, -0.2) is 90.0 Å². The summed E-state index contributed by atoms with van der Waals surface area (Å²) in [6, 6.07) is 40.0. The third-order valence-corrected chi connectivity index (χ3v) is 11.9. The fraction of sp³-hybridized carbons (Fsp3) is 0.279. The van der Waals surface area contributed by atoms with Crippen LogP contribution in [0.2, 0.25) is 0 Å². The molecule has 0 atom stereocenters. The van der Waals surface area contributed by atoms with Gasteiger partial charge in [0.05, 0.1) is 23.3 Å². The van der Waals surface area contributed by atoms with Gasteiger partial charge in [0, 0.05) is 46.5 Å². The van der Waals surface area contributed by atoms with Crippen LogP contribution in [0.1, 0.15) is 61.4 Å². The molecule has 17 nitrogen and oxygen atoms in total. The third kappa shape index (κ3) is 17.5. The zero-order chi connectivity index (χ0) is 59.7. The van der Waals surface area contributed by atoms with Gasteiger partial charge >= 0.3 is 6.18 Å². The molecule has 436 valence electrons. The quantitative estimate of drug-likeness (QED) is 0.0401. The SMILES string of the molecule is CCCNCc1ccc(-c2noc(-c3ccc(OCCF)c(C#N)c3)n2)cc1.CCCOc1ccc(-c2noc(-c3ccc(OCCF)c(C(F)(F)F)c3)n2)cc1.CCNCc1ccc(-c2noc(-c3ccc(OCCF)c(C#N)c3)n2)cc1. The van der Waals surface area contributed by atoms with Crippen LogP contribution < -0.4 is 29.6 Å². The van der Waals surface area contributed by atoms with Gasteiger partial charge in [-0.3, -0.25) is 0 Å². The monoisotopic (exact) mass is 1160 g/mol. The first-order valence-electron chi connectivity index (χ1n) is 26.6. The summed E-state index contributed by atoms with van der Waals surface area (Å²) in [5, 5.41) is 37.0. The number of alkyl halides is 6. The Hall–Kier alpha value is -9.58. The van der Waals surface area contributed by atoms with Crippen molar-refractivity contribution < 1.29 is 58.9 Å². The molecule has 0 bridgehead atoms. The second-order valence-corrected chi connectivity index (χ2v) is 18.0. The van der Waals surface area contributed by atoms with Crippen LogP contribution in [0, 0.1) is 22.7 Å². The lowest BCUT2D eigenvalue weighted by atomic mass is 10.1. The number of aromatic nitrogens is 6. The number of hydrogen-bond donors (Lipinski definition) is 2. The number of ether oxygens (including phenoxy) is 4. The molecule has 0 aliphatic carbocycles. The molecule has 6 aromatic carbocycles. The van der Waals surface area contributed by atoms with Gasteiger partial charge in [0.2, 0.25) is 17.5 Å². The van der Waals surface area contributed by atoms with Crippen LogP contribution in [0.5, 0.6) is 23.0 Å². The number of nitriles is 2. The summed E-state index contributed by atoms with van der Waals surface area (Å²) in [5.41, 5.74) is 5.48. The molecule has 0 fully saturated rings. The van der Waals surface area contributed by atoms with Gasteiger partial charge in [0.1, 0.15) is 75.0 Å². The molecule has 0 spiro atoms. The average Bonchev–Trinajstić information content (AvgIpc) is 4.43. The van der Waals surface area contributed by atoms with E-state index in [0.717, 1.165) is 62.3 Å².